The zero-order valence-corrected chi connectivity index (χ0v) is 40.8. The first-order valence-electron chi connectivity index (χ1n) is 25.0. The molecule has 0 saturated heterocycles. The van der Waals surface area contributed by atoms with Crippen molar-refractivity contribution in [2.24, 2.45) is 0 Å². The SMILES string of the molecule is CCCCCC/C=C\C/C=C\CCCCCCCC(=O)NC(COP(=O)(O)OCC[N+](C)(C)C)C(O)/C=C/CC/C=C/CCCCCCCCCCCCCCCCCC. The van der Waals surface area contributed by atoms with Gasteiger partial charge in [-0.15, -0.1) is 0 Å². The topological polar surface area (TPSA) is 105 Å². The number of unbranched alkanes of at least 4 members (excludes halogenated alkanes) is 26. The highest BCUT2D eigenvalue weighted by Crippen LogP contribution is 2.43. The molecular formula is C51H98N2O6P+. The molecule has 0 aliphatic carbocycles. The minimum absolute atomic E-state index is 0.0522. The number of carbonyl (C=O) groups excluding carboxylic acids is 1. The molecule has 0 aromatic heterocycles. The number of phosphoric ester groups is 1. The second kappa shape index (κ2) is 42.7. The maximum absolute atomic E-state index is 12.9. The third kappa shape index (κ3) is 44.5. The highest BCUT2D eigenvalue weighted by molar-refractivity contribution is 7.47. The van der Waals surface area contributed by atoms with Gasteiger partial charge in [0.25, 0.3) is 0 Å². The van der Waals surface area contributed by atoms with Gasteiger partial charge in [0.05, 0.1) is 39.9 Å². The van der Waals surface area contributed by atoms with Crippen LogP contribution in [0.25, 0.3) is 0 Å². The Balaban J connectivity index is 4.39. The Bertz CT molecular complexity index is 1120. The van der Waals surface area contributed by atoms with Gasteiger partial charge >= 0.3 is 7.82 Å². The van der Waals surface area contributed by atoms with E-state index >= 15 is 0 Å². The van der Waals surface area contributed by atoms with Crippen molar-refractivity contribution < 1.29 is 32.9 Å². The normalized spacial score (nSPS) is 14.6. The van der Waals surface area contributed by atoms with E-state index in [1.807, 2.05) is 27.2 Å². The molecular weight excluding hydrogens is 768 g/mol. The zero-order chi connectivity index (χ0) is 44.3. The standard InChI is InChI=1S/C51H97N2O6P/c1-6-8-10-12-14-16-18-20-22-24-25-26-27-28-29-30-32-34-36-38-40-42-44-50(54)49(48-59-60(56,57)58-47-46-53(3,4)5)52-51(55)45-43-41-39-37-35-33-31-23-21-19-17-15-13-11-9-7-2/h17,19,23,31,34,36,42,44,49-50,54H,6-16,18,20-22,24-30,32-33,35,37-41,43,45-48H2,1-5H3,(H-,52,55,56,57)/p+1/b19-17-,31-23-,36-34+,44-42+. The van der Waals surface area contributed by atoms with Crippen molar-refractivity contribution in [3.05, 3.63) is 48.6 Å². The number of aliphatic hydroxyl groups excluding tert-OH is 1. The quantitative estimate of drug-likeness (QED) is 0.0244. The highest BCUT2D eigenvalue weighted by Gasteiger charge is 2.27. The Morgan fingerprint density at radius 3 is 1.45 bits per heavy atom. The molecule has 1 amide bonds. The summed E-state index contributed by atoms with van der Waals surface area (Å²) >= 11 is 0. The molecule has 9 heteroatoms. The summed E-state index contributed by atoms with van der Waals surface area (Å²) in [5.74, 6) is -0.201. The Labute approximate surface area is 371 Å². The third-order valence-corrected chi connectivity index (χ3v) is 12.0. The van der Waals surface area contributed by atoms with E-state index in [2.05, 4.69) is 55.6 Å². The summed E-state index contributed by atoms with van der Waals surface area (Å²) in [5, 5.41) is 13.8. The Morgan fingerprint density at radius 1 is 0.567 bits per heavy atom. The van der Waals surface area contributed by atoms with Crippen molar-refractivity contribution in [1.82, 2.24) is 5.32 Å². The van der Waals surface area contributed by atoms with E-state index in [4.69, 9.17) is 9.05 Å². The van der Waals surface area contributed by atoms with Crippen LogP contribution in [0.3, 0.4) is 0 Å². The van der Waals surface area contributed by atoms with Gasteiger partial charge in [-0.05, 0) is 64.2 Å². The van der Waals surface area contributed by atoms with Crippen molar-refractivity contribution in [2.45, 2.75) is 231 Å². The molecule has 0 saturated carbocycles. The van der Waals surface area contributed by atoms with E-state index in [0.717, 1.165) is 64.2 Å². The molecule has 0 aliphatic rings. The molecule has 0 heterocycles. The predicted molar refractivity (Wildman–Crippen MR) is 258 cm³/mol. The number of likely N-dealkylation sites (N-methyl/N-ethyl adjacent to an activating group) is 1. The van der Waals surface area contributed by atoms with Gasteiger partial charge in [-0.25, -0.2) is 4.57 Å². The van der Waals surface area contributed by atoms with Gasteiger partial charge in [-0.3, -0.25) is 13.8 Å². The number of nitrogens with zero attached hydrogens (tertiary/aromatic N) is 1. The lowest BCUT2D eigenvalue weighted by Gasteiger charge is -2.25. The van der Waals surface area contributed by atoms with Gasteiger partial charge in [0.2, 0.25) is 5.91 Å². The highest BCUT2D eigenvalue weighted by atomic mass is 31.2. The first-order valence-corrected chi connectivity index (χ1v) is 26.5. The number of phosphoric acid groups is 1. The lowest BCUT2D eigenvalue weighted by Crippen LogP contribution is -2.45. The maximum Gasteiger partial charge on any atom is 0.472 e. The van der Waals surface area contributed by atoms with Crippen LogP contribution in [0.5, 0.6) is 0 Å². The van der Waals surface area contributed by atoms with Gasteiger partial charge in [0.1, 0.15) is 13.2 Å². The smallest absolute Gasteiger partial charge is 0.387 e. The van der Waals surface area contributed by atoms with Crippen molar-refractivity contribution in [1.29, 1.82) is 0 Å². The molecule has 8 nitrogen and oxygen atoms in total. The fraction of sp³-hybridized carbons (Fsp3) is 0.824. The van der Waals surface area contributed by atoms with Gasteiger partial charge in [-0.1, -0.05) is 197 Å². The summed E-state index contributed by atoms with van der Waals surface area (Å²) in [6.07, 6.45) is 54.8. The molecule has 0 rings (SSSR count). The molecule has 60 heavy (non-hydrogen) atoms. The van der Waals surface area contributed by atoms with Crippen LogP contribution in [-0.4, -0.2) is 73.4 Å². The maximum atomic E-state index is 12.9. The molecule has 0 radical (unpaired) electrons. The predicted octanol–water partition coefficient (Wildman–Crippen LogP) is 14.4. The zero-order valence-electron chi connectivity index (χ0n) is 39.9. The van der Waals surface area contributed by atoms with Crippen molar-refractivity contribution in [3.8, 4) is 0 Å². The van der Waals surface area contributed by atoms with Crippen molar-refractivity contribution >= 4 is 13.7 Å². The first kappa shape index (κ1) is 58.5. The van der Waals surface area contributed by atoms with Crippen LogP contribution in [-0.2, 0) is 18.4 Å². The summed E-state index contributed by atoms with van der Waals surface area (Å²) in [6.45, 7) is 4.77. The van der Waals surface area contributed by atoms with Gasteiger partial charge in [0, 0.05) is 6.42 Å². The van der Waals surface area contributed by atoms with Crippen LogP contribution >= 0.6 is 7.82 Å². The molecule has 3 N–H and O–H groups in total. The number of aliphatic hydroxyl groups is 1. The molecule has 0 aromatic rings. The average molecular weight is 866 g/mol. The van der Waals surface area contributed by atoms with E-state index in [-0.39, 0.29) is 19.1 Å². The van der Waals surface area contributed by atoms with Crippen LogP contribution in [0.15, 0.2) is 48.6 Å². The summed E-state index contributed by atoms with van der Waals surface area (Å²) in [6, 6.07) is -0.871. The molecule has 352 valence electrons. The monoisotopic (exact) mass is 866 g/mol. The minimum Gasteiger partial charge on any atom is -0.387 e. The fourth-order valence-corrected chi connectivity index (χ4v) is 7.76. The van der Waals surface area contributed by atoms with E-state index in [0.29, 0.717) is 17.4 Å². The third-order valence-electron chi connectivity index (χ3n) is 11.0. The number of rotatable bonds is 45. The van der Waals surface area contributed by atoms with Gasteiger partial charge in [0.15, 0.2) is 0 Å². The Kier molecular flexibility index (Phi) is 41.6. The minimum atomic E-state index is -4.35. The number of hydrogen-bond acceptors (Lipinski definition) is 5. The number of allylic oxidation sites excluding steroid dienone is 7. The first-order chi connectivity index (χ1) is 29.0. The van der Waals surface area contributed by atoms with E-state index < -0.39 is 20.0 Å². The second-order valence-electron chi connectivity index (χ2n) is 18.2. The van der Waals surface area contributed by atoms with Gasteiger partial charge < -0.3 is 19.8 Å². The number of hydrogen-bond donors (Lipinski definition) is 3. The molecule has 0 spiro atoms. The molecule has 0 fully saturated rings. The van der Waals surface area contributed by atoms with Crippen LogP contribution in [0, 0.1) is 0 Å². The molecule has 0 aromatic carbocycles. The summed E-state index contributed by atoms with van der Waals surface area (Å²) in [5.41, 5.74) is 0. The van der Waals surface area contributed by atoms with E-state index in [9.17, 15) is 19.4 Å². The molecule has 0 aliphatic heterocycles. The largest absolute Gasteiger partial charge is 0.472 e. The molecule has 3 atom stereocenters. The number of amides is 1. The average Bonchev–Trinajstić information content (AvgIpc) is 3.20. The van der Waals surface area contributed by atoms with Crippen LogP contribution in [0.4, 0.5) is 0 Å². The fourth-order valence-electron chi connectivity index (χ4n) is 7.03. The van der Waals surface area contributed by atoms with E-state index in [1.165, 1.54) is 135 Å². The summed E-state index contributed by atoms with van der Waals surface area (Å²) in [7, 11) is 1.54. The number of quaternary nitrogens is 1. The molecule has 0 bridgehead atoms. The van der Waals surface area contributed by atoms with Gasteiger partial charge in [-0.2, -0.15) is 0 Å². The van der Waals surface area contributed by atoms with Crippen molar-refractivity contribution in [3.63, 3.8) is 0 Å². The van der Waals surface area contributed by atoms with Crippen LogP contribution in [0.2, 0.25) is 0 Å². The number of nitrogens with one attached hydrogen (secondary N) is 1. The van der Waals surface area contributed by atoms with E-state index in [1.54, 1.807) is 6.08 Å². The molecule has 3 unspecified atom stereocenters. The van der Waals surface area contributed by atoms with Crippen LogP contribution in [0.1, 0.15) is 219 Å². The lowest BCUT2D eigenvalue weighted by molar-refractivity contribution is -0.870. The summed E-state index contributed by atoms with van der Waals surface area (Å²) in [4.78, 5) is 23.2. The Hall–Kier alpha value is -1.54. The lowest BCUT2D eigenvalue weighted by atomic mass is 10.0. The Morgan fingerprint density at radius 2 is 0.967 bits per heavy atom. The number of carbonyl (C=O) groups is 1. The van der Waals surface area contributed by atoms with Crippen LogP contribution < -0.4 is 5.32 Å². The second-order valence-corrected chi connectivity index (χ2v) is 19.6. The van der Waals surface area contributed by atoms with Crippen molar-refractivity contribution in [2.75, 3.05) is 40.9 Å². The summed E-state index contributed by atoms with van der Waals surface area (Å²) < 4.78 is 23.6.